The molecule has 2 aliphatic rings. The van der Waals surface area contributed by atoms with E-state index in [1.807, 2.05) is 6.20 Å². The van der Waals surface area contributed by atoms with E-state index >= 15 is 0 Å². The highest BCUT2D eigenvalue weighted by atomic mass is 16.5. The summed E-state index contributed by atoms with van der Waals surface area (Å²) in [5, 5.41) is 1.28. The first-order valence-corrected chi connectivity index (χ1v) is 10.7. The summed E-state index contributed by atoms with van der Waals surface area (Å²) >= 11 is 0. The van der Waals surface area contributed by atoms with Gasteiger partial charge in [0.05, 0.1) is 14.2 Å². The number of ether oxygens (including phenoxy) is 2. The molecule has 5 rings (SSSR count). The zero-order chi connectivity index (χ0) is 19.8. The number of methoxy groups -OCH3 is 2. The maximum absolute atomic E-state index is 5.53. The molecule has 0 saturated heterocycles. The van der Waals surface area contributed by atoms with Crippen LogP contribution in [0.1, 0.15) is 54.0 Å². The van der Waals surface area contributed by atoms with E-state index in [2.05, 4.69) is 39.1 Å². The van der Waals surface area contributed by atoms with Crippen LogP contribution in [-0.4, -0.2) is 35.6 Å². The number of aromatic nitrogens is 2. The Morgan fingerprint density at radius 2 is 1.86 bits per heavy atom. The van der Waals surface area contributed by atoms with Gasteiger partial charge in [0, 0.05) is 36.9 Å². The Labute approximate surface area is 172 Å². The second-order valence-corrected chi connectivity index (χ2v) is 8.33. The summed E-state index contributed by atoms with van der Waals surface area (Å²) in [5.41, 5.74) is 6.62. The molecule has 1 saturated carbocycles. The molecule has 29 heavy (non-hydrogen) atoms. The van der Waals surface area contributed by atoms with Crippen molar-refractivity contribution in [3.05, 3.63) is 52.8 Å². The van der Waals surface area contributed by atoms with Gasteiger partial charge in [-0.15, -0.1) is 0 Å². The van der Waals surface area contributed by atoms with Crippen LogP contribution in [0.3, 0.4) is 0 Å². The van der Waals surface area contributed by atoms with Crippen LogP contribution in [0, 0.1) is 0 Å². The highest BCUT2D eigenvalue weighted by Gasteiger charge is 2.26. The Morgan fingerprint density at radius 1 is 1.10 bits per heavy atom. The van der Waals surface area contributed by atoms with Crippen molar-refractivity contribution in [2.75, 3.05) is 20.8 Å². The van der Waals surface area contributed by atoms with Crippen molar-refractivity contribution in [1.29, 1.82) is 0 Å². The molecule has 3 heterocycles. The van der Waals surface area contributed by atoms with Gasteiger partial charge < -0.3 is 14.5 Å². The number of H-pyrrole nitrogens is 1. The average Bonchev–Trinajstić information content (AvgIpc) is 3.41. The number of aromatic amines is 1. The lowest BCUT2D eigenvalue weighted by Crippen LogP contribution is -2.30. The Balaban J connectivity index is 1.45. The Bertz CT molecular complexity index is 1020. The van der Waals surface area contributed by atoms with Gasteiger partial charge in [0.25, 0.3) is 0 Å². The van der Waals surface area contributed by atoms with E-state index in [-0.39, 0.29) is 0 Å². The summed E-state index contributed by atoms with van der Waals surface area (Å²) in [6, 6.07) is 8.57. The summed E-state index contributed by atoms with van der Waals surface area (Å²) in [6.07, 6.45) is 8.18. The number of benzene rings is 1. The molecule has 0 radical (unpaired) electrons. The van der Waals surface area contributed by atoms with Crippen LogP contribution in [0.5, 0.6) is 11.5 Å². The van der Waals surface area contributed by atoms with Gasteiger partial charge in [-0.1, -0.05) is 12.8 Å². The van der Waals surface area contributed by atoms with Crippen LogP contribution in [0.25, 0.3) is 11.0 Å². The third-order valence-corrected chi connectivity index (χ3v) is 6.65. The lowest BCUT2D eigenvalue weighted by molar-refractivity contribution is 0.244. The number of pyridine rings is 1. The molecular weight excluding hydrogens is 362 g/mol. The van der Waals surface area contributed by atoms with Crippen LogP contribution in [0.4, 0.5) is 0 Å². The fourth-order valence-electron chi connectivity index (χ4n) is 5.13. The fourth-order valence-corrected chi connectivity index (χ4v) is 5.13. The van der Waals surface area contributed by atoms with Gasteiger partial charge in [0.2, 0.25) is 0 Å². The standard InChI is InChI=1S/C24H29N3O2/c1-28-21-12-17-9-11-27(14-18(17)13-22(21)29-2)15-20-19-8-5-10-25-24(19)26-23(20)16-6-3-4-7-16/h5,8,10,12-13,16H,3-4,6-7,9,11,14-15H2,1-2H3,(H,25,26). The first-order valence-electron chi connectivity index (χ1n) is 10.7. The highest BCUT2D eigenvalue weighted by Crippen LogP contribution is 2.39. The monoisotopic (exact) mass is 391 g/mol. The van der Waals surface area contributed by atoms with Gasteiger partial charge in [-0.2, -0.15) is 0 Å². The zero-order valence-corrected chi connectivity index (χ0v) is 17.3. The largest absolute Gasteiger partial charge is 0.493 e. The molecule has 5 nitrogen and oxygen atoms in total. The third kappa shape index (κ3) is 3.38. The minimum atomic E-state index is 0.653. The molecule has 1 fully saturated rings. The summed E-state index contributed by atoms with van der Waals surface area (Å²) in [5.74, 6) is 2.29. The minimum Gasteiger partial charge on any atom is -0.493 e. The molecule has 1 aliphatic carbocycles. The quantitative estimate of drug-likeness (QED) is 0.679. The van der Waals surface area contributed by atoms with E-state index in [0.29, 0.717) is 5.92 Å². The molecule has 2 aromatic heterocycles. The second kappa shape index (κ2) is 7.71. The highest BCUT2D eigenvalue weighted by molar-refractivity contribution is 5.81. The second-order valence-electron chi connectivity index (χ2n) is 8.33. The molecule has 3 aromatic rings. The number of nitrogens with zero attached hydrogens (tertiary/aromatic N) is 2. The number of fused-ring (bicyclic) bond motifs is 2. The number of hydrogen-bond acceptors (Lipinski definition) is 4. The van der Waals surface area contributed by atoms with Crippen molar-refractivity contribution >= 4 is 11.0 Å². The molecule has 1 aliphatic heterocycles. The first kappa shape index (κ1) is 18.5. The average molecular weight is 392 g/mol. The molecule has 0 spiro atoms. The SMILES string of the molecule is COc1cc2c(cc1OC)CN(Cc1c(C3CCCC3)[nH]c3ncccc13)CC2. The van der Waals surface area contributed by atoms with Gasteiger partial charge in [-0.25, -0.2) is 4.98 Å². The predicted octanol–water partition coefficient (Wildman–Crippen LogP) is 4.80. The van der Waals surface area contributed by atoms with Gasteiger partial charge in [-0.3, -0.25) is 4.90 Å². The molecule has 0 unspecified atom stereocenters. The summed E-state index contributed by atoms with van der Waals surface area (Å²) in [6.45, 7) is 2.96. The van der Waals surface area contributed by atoms with Crippen molar-refractivity contribution < 1.29 is 9.47 Å². The topological polar surface area (TPSA) is 50.4 Å². The molecule has 152 valence electrons. The molecule has 5 heteroatoms. The van der Waals surface area contributed by atoms with Crippen LogP contribution in [0.15, 0.2) is 30.5 Å². The van der Waals surface area contributed by atoms with E-state index < -0.39 is 0 Å². The number of rotatable bonds is 5. The fraction of sp³-hybridized carbons (Fsp3) is 0.458. The summed E-state index contributed by atoms with van der Waals surface area (Å²) < 4.78 is 11.0. The molecule has 0 atom stereocenters. The normalized spacial score (nSPS) is 17.6. The lowest BCUT2D eigenvalue weighted by Gasteiger charge is -2.30. The maximum atomic E-state index is 5.53. The van der Waals surface area contributed by atoms with Gasteiger partial charge in [0.1, 0.15) is 5.65 Å². The predicted molar refractivity (Wildman–Crippen MR) is 115 cm³/mol. The summed E-state index contributed by atoms with van der Waals surface area (Å²) in [7, 11) is 3.41. The van der Waals surface area contributed by atoms with Crippen molar-refractivity contribution in [3.63, 3.8) is 0 Å². The van der Waals surface area contributed by atoms with E-state index in [4.69, 9.17) is 9.47 Å². The van der Waals surface area contributed by atoms with Crippen molar-refractivity contribution in [3.8, 4) is 11.5 Å². The van der Waals surface area contributed by atoms with Crippen LogP contribution >= 0.6 is 0 Å². The molecule has 1 N–H and O–H groups in total. The Hall–Kier alpha value is -2.53. The smallest absolute Gasteiger partial charge is 0.161 e. The minimum absolute atomic E-state index is 0.653. The van der Waals surface area contributed by atoms with Crippen LogP contribution in [-0.2, 0) is 19.5 Å². The maximum Gasteiger partial charge on any atom is 0.161 e. The molecule has 0 amide bonds. The third-order valence-electron chi connectivity index (χ3n) is 6.65. The first-order chi connectivity index (χ1) is 14.3. The lowest BCUT2D eigenvalue weighted by atomic mass is 9.96. The molecule has 1 aromatic carbocycles. The van der Waals surface area contributed by atoms with E-state index in [1.165, 1.54) is 53.5 Å². The van der Waals surface area contributed by atoms with Gasteiger partial charge in [-0.05, 0) is 66.1 Å². The van der Waals surface area contributed by atoms with Gasteiger partial charge >= 0.3 is 0 Å². The van der Waals surface area contributed by atoms with E-state index in [0.717, 1.165) is 43.2 Å². The molecule has 0 bridgehead atoms. The van der Waals surface area contributed by atoms with Crippen molar-refractivity contribution in [1.82, 2.24) is 14.9 Å². The van der Waals surface area contributed by atoms with Gasteiger partial charge in [0.15, 0.2) is 11.5 Å². The molecular formula is C24H29N3O2. The Morgan fingerprint density at radius 3 is 2.62 bits per heavy atom. The van der Waals surface area contributed by atoms with Crippen molar-refractivity contribution in [2.24, 2.45) is 0 Å². The van der Waals surface area contributed by atoms with Crippen LogP contribution in [0.2, 0.25) is 0 Å². The number of nitrogens with one attached hydrogen (secondary N) is 1. The summed E-state index contributed by atoms with van der Waals surface area (Å²) in [4.78, 5) is 10.8. The van der Waals surface area contributed by atoms with E-state index in [1.54, 1.807) is 14.2 Å². The van der Waals surface area contributed by atoms with E-state index in [9.17, 15) is 0 Å². The number of hydrogen-bond donors (Lipinski definition) is 1. The van der Waals surface area contributed by atoms with Crippen molar-refractivity contribution in [2.45, 2.75) is 51.1 Å². The van der Waals surface area contributed by atoms with Crippen LogP contribution < -0.4 is 9.47 Å². The Kier molecular flexibility index (Phi) is 4.92. The zero-order valence-electron chi connectivity index (χ0n) is 17.3.